The molecule has 4 nitrogen and oxygen atoms in total. The normalized spacial score (nSPS) is 12.1. The van der Waals surface area contributed by atoms with Crippen molar-refractivity contribution in [2.75, 3.05) is 0 Å². The van der Waals surface area contributed by atoms with Gasteiger partial charge < -0.3 is 9.79 Å². The van der Waals surface area contributed by atoms with Gasteiger partial charge in [0.2, 0.25) is 5.52 Å². The molecule has 0 aliphatic carbocycles. The van der Waals surface area contributed by atoms with Crippen LogP contribution < -0.4 is 0 Å². The first-order chi connectivity index (χ1) is 6.41. The van der Waals surface area contributed by atoms with E-state index in [9.17, 15) is 9.36 Å². The molecule has 0 fully saturated rings. The summed E-state index contributed by atoms with van der Waals surface area (Å²) < 4.78 is 10.6. The molecule has 2 N–H and O–H groups in total. The third-order valence-electron chi connectivity index (χ3n) is 2.18. The molecule has 14 heavy (non-hydrogen) atoms. The van der Waals surface area contributed by atoms with Crippen LogP contribution in [0.5, 0.6) is 0 Å². The molecule has 0 aromatic carbocycles. The summed E-state index contributed by atoms with van der Waals surface area (Å²) in [5.74, 6) is 0.130. The van der Waals surface area contributed by atoms with Crippen LogP contribution in [0.15, 0.2) is 0 Å². The molecule has 0 unspecified atom stereocenters. The van der Waals surface area contributed by atoms with Crippen LogP contribution in [0, 0.1) is 5.92 Å². The Bertz CT molecular complexity index is 215. The van der Waals surface area contributed by atoms with Crippen LogP contribution in [0.3, 0.4) is 0 Å². The highest BCUT2D eigenvalue weighted by atomic mass is 31.2. The van der Waals surface area contributed by atoms with Crippen LogP contribution >= 0.6 is 7.60 Å². The third kappa shape index (κ3) is 5.53. The maximum absolute atomic E-state index is 11.1. The first kappa shape index (κ1) is 13.8. The predicted molar refractivity (Wildman–Crippen MR) is 55.0 cm³/mol. The van der Waals surface area contributed by atoms with Gasteiger partial charge in [0.25, 0.3) is 0 Å². The average Bonchev–Trinajstić information content (AvgIpc) is 2.03. The molecule has 0 radical (unpaired) electrons. The van der Waals surface area contributed by atoms with Crippen molar-refractivity contribution in [1.29, 1.82) is 0 Å². The van der Waals surface area contributed by atoms with Gasteiger partial charge in [0.1, 0.15) is 0 Å². The Morgan fingerprint density at radius 3 is 1.93 bits per heavy atom. The van der Waals surface area contributed by atoms with Gasteiger partial charge in [-0.05, 0) is 5.92 Å². The highest BCUT2D eigenvalue weighted by molar-refractivity contribution is 7.70. The molecule has 5 heteroatoms. The lowest BCUT2D eigenvalue weighted by Crippen LogP contribution is -2.08. The van der Waals surface area contributed by atoms with E-state index >= 15 is 0 Å². The smallest absolute Gasteiger partial charge is 0.319 e. The maximum atomic E-state index is 11.1. The Hall–Kier alpha value is -0.180. The number of rotatable bonds is 7. The summed E-state index contributed by atoms with van der Waals surface area (Å²) in [7, 11) is -4.50. The van der Waals surface area contributed by atoms with E-state index in [1.807, 2.05) is 13.8 Å². The molecule has 0 amide bonds. The van der Waals surface area contributed by atoms with E-state index in [0.717, 1.165) is 25.7 Å². The number of carbonyl (C=O) groups excluding carboxylic acids is 1. The highest BCUT2D eigenvalue weighted by Gasteiger charge is 2.27. The topological polar surface area (TPSA) is 74.6 Å². The van der Waals surface area contributed by atoms with Crippen molar-refractivity contribution in [3.05, 3.63) is 0 Å². The second-order valence-electron chi connectivity index (χ2n) is 3.59. The van der Waals surface area contributed by atoms with Crippen LogP contribution in [0.1, 0.15) is 46.0 Å². The van der Waals surface area contributed by atoms with Gasteiger partial charge in [-0.1, -0.05) is 39.5 Å². The van der Waals surface area contributed by atoms with Crippen LogP contribution in [0.4, 0.5) is 0 Å². The lowest BCUT2D eigenvalue weighted by atomic mass is 9.95. The minimum absolute atomic E-state index is 0.0198. The average molecular weight is 222 g/mol. The van der Waals surface area contributed by atoms with Crippen LogP contribution in [0.25, 0.3) is 0 Å². The monoisotopic (exact) mass is 222 g/mol. The van der Waals surface area contributed by atoms with E-state index in [4.69, 9.17) is 9.79 Å². The van der Waals surface area contributed by atoms with E-state index in [1.54, 1.807) is 0 Å². The van der Waals surface area contributed by atoms with Gasteiger partial charge in [-0.15, -0.1) is 0 Å². The van der Waals surface area contributed by atoms with E-state index in [2.05, 4.69) is 0 Å². The summed E-state index contributed by atoms with van der Waals surface area (Å²) in [5, 5.41) is 0. The summed E-state index contributed by atoms with van der Waals surface area (Å²) in [6.45, 7) is 4.01. The summed E-state index contributed by atoms with van der Waals surface area (Å²) in [5.41, 5.74) is -0.913. The van der Waals surface area contributed by atoms with Crippen molar-refractivity contribution in [1.82, 2.24) is 0 Å². The zero-order chi connectivity index (χ0) is 11.2. The van der Waals surface area contributed by atoms with Gasteiger partial charge >= 0.3 is 7.60 Å². The fraction of sp³-hybridized carbons (Fsp3) is 0.889. The first-order valence-electron chi connectivity index (χ1n) is 5.00. The summed E-state index contributed by atoms with van der Waals surface area (Å²) >= 11 is 0. The van der Waals surface area contributed by atoms with Gasteiger partial charge in [-0.2, -0.15) is 0 Å². The third-order valence-corrected chi connectivity index (χ3v) is 3.01. The van der Waals surface area contributed by atoms with E-state index in [-0.39, 0.29) is 12.3 Å². The van der Waals surface area contributed by atoms with Crippen LogP contribution in [-0.2, 0) is 9.36 Å². The maximum Gasteiger partial charge on any atom is 0.391 e. The Morgan fingerprint density at radius 2 is 1.64 bits per heavy atom. The SMILES string of the molecule is CCCC(CCC)CC(=O)P(=O)(O)O. The van der Waals surface area contributed by atoms with Crippen molar-refractivity contribution in [3.8, 4) is 0 Å². The van der Waals surface area contributed by atoms with Gasteiger partial charge in [0.15, 0.2) is 0 Å². The number of hydrogen-bond acceptors (Lipinski definition) is 2. The quantitative estimate of drug-likeness (QED) is 0.648. The van der Waals surface area contributed by atoms with E-state index in [1.165, 1.54) is 0 Å². The Kier molecular flexibility index (Phi) is 6.25. The molecule has 0 bridgehead atoms. The van der Waals surface area contributed by atoms with Gasteiger partial charge in [0.05, 0.1) is 0 Å². The Balaban J connectivity index is 4.15. The van der Waals surface area contributed by atoms with Crippen molar-refractivity contribution in [2.45, 2.75) is 46.0 Å². The highest BCUT2D eigenvalue weighted by Crippen LogP contribution is 2.39. The van der Waals surface area contributed by atoms with Crippen LogP contribution in [0.2, 0.25) is 0 Å². The standard InChI is InChI=1S/C9H19O4P/c1-3-5-8(6-4-2)7-9(10)14(11,12)13/h8H,3-7H2,1-2H3,(H2,11,12,13). The van der Waals surface area contributed by atoms with Crippen molar-refractivity contribution < 1.29 is 19.1 Å². The molecule has 0 heterocycles. The molecule has 0 aliphatic heterocycles. The lowest BCUT2D eigenvalue weighted by molar-refractivity contribution is -0.114. The van der Waals surface area contributed by atoms with E-state index in [0.29, 0.717) is 0 Å². The zero-order valence-electron chi connectivity index (χ0n) is 8.77. The second kappa shape index (κ2) is 6.33. The summed E-state index contributed by atoms with van der Waals surface area (Å²) in [4.78, 5) is 28.3. The molecule has 0 saturated heterocycles. The molecule has 0 atom stereocenters. The number of carbonyl (C=O) groups is 1. The van der Waals surface area contributed by atoms with E-state index < -0.39 is 13.1 Å². The van der Waals surface area contributed by atoms with Gasteiger partial charge in [0, 0.05) is 6.42 Å². The predicted octanol–water partition coefficient (Wildman–Crippen LogP) is 2.30. The molecule has 0 aromatic rings. The minimum Gasteiger partial charge on any atom is -0.319 e. The number of hydrogen-bond donors (Lipinski definition) is 2. The molecule has 0 rings (SSSR count). The Labute approximate surface area is 84.9 Å². The van der Waals surface area contributed by atoms with Crippen molar-refractivity contribution in [2.24, 2.45) is 5.92 Å². The first-order valence-corrected chi connectivity index (χ1v) is 6.62. The van der Waals surface area contributed by atoms with Crippen LogP contribution in [-0.4, -0.2) is 15.3 Å². The van der Waals surface area contributed by atoms with Crippen molar-refractivity contribution in [3.63, 3.8) is 0 Å². The molecular weight excluding hydrogens is 203 g/mol. The largest absolute Gasteiger partial charge is 0.391 e. The fourth-order valence-electron chi connectivity index (χ4n) is 1.53. The molecular formula is C9H19O4P. The molecule has 0 aromatic heterocycles. The summed E-state index contributed by atoms with van der Waals surface area (Å²) in [6.07, 6.45) is 3.63. The molecule has 0 spiro atoms. The molecule has 84 valence electrons. The summed E-state index contributed by atoms with van der Waals surface area (Å²) in [6, 6.07) is 0. The molecule has 0 aliphatic rings. The molecule has 0 saturated carbocycles. The van der Waals surface area contributed by atoms with Gasteiger partial charge in [-0.25, -0.2) is 0 Å². The zero-order valence-corrected chi connectivity index (χ0v) is 9.67. The fourth-order valence-corrected chi connectivity index (χ4v) is 2.03. The Morgan fingerprint density at radius 1 is 1.21 bits per heavy atom. The minimum atomic E-state index is -4.50. The second-order valence-corrected chi connectivity index (χ2v) is 5.17. The van der Waals surface area contributed by atoms with Crippen molar-refractivity contribution >= 4 is 13.1 Å². The van der Waals surface area contributed by atoms with Gasteiger partial charge in [-0.3, -0.25) is 9.36 Å². The lowest BCUT2D eigenvalue weighted by Gasteiger charge is -2.14.